The summed E-state index contributed by atoms with van der Waals surface area (Å²) >= 11 is 0. The van der Waals surface area contributed by atoms with E-state index in [9.17, 15) is 26.0 Å². The van der Waals surface area contributed by atoms with E-state index >= 15 is 0 Å². The summed E-state index contributed by atoms with van der Waals surface area (Å²) < 4.78 is 83.4. The molecule has 0 unspecified atom stereocenters. The molecular weight excluding hydrogens is 364 g/mol. The molecule has 1 saturated heterocycles. The molecule has 0 spiro atoms. The van der Waals surface area contributed by atoms with Gasteiger partial charge in [-0.3, -0.25) is 0 Å². The van der Waals surface area contributed by atoms with Gasteiger partial charge in [-0.15, -0.1) is 0 Å². The Hall–Kier alpha value is -1.23. The van der Waals surface area contributed by atoms with Crippen LogP contribution < -0.4 is 5.73 Å². The smallest absolute Gasteiger partial charge is 0.378 e. The maximum Gasteiger partial charge on any atom is 0.419 e. The molecule has 1 aliphatic heterocycles. The number of rotatable bonds is 6. The monoisotopic (exact) mass is 384 g/mol. The predicted octanol–water partition coefficient (Wildman–Crippen LogP) is 2.36. The zero-order valence-corrected chi connectivity index (χ0v) is 14.2. The molecule has 10 heteroatoms. The fourth-order valence-corrected chi connectivity index (χ4v) is 4.10. The molecule has 0 amide bonds. The van der Waals surface area contributed by atoms with E-state index in [1.54, 1.807) is 0 Å². The Kier molecular flexibility index (Phi) is 6.41. The van der Waals surface area contributed by atoms with Gasteiger partial charge in [0.05, 0.1) is 16.6 Å². The van der Waals surface area contributed by atoms with Crippen LogP contribution >= 0.6 is 0 Å². The third-order valence-electron chi connectivity index (χ3n) is 3.98. The van der Waals surface area contributed by atoms with E-state index < -0.39 is 32.5 Å². The molecule has 1 heterocycles. The van der Waals surface area contributed by atoms with Crippen molar-refractivity contribution in [1.29, 1.82) is 0 Å². The second-order valence-corrected chi connectivity index (χ2v) is 7.69. The van der Waals surface area contributed by atoms with Crippen molar-refractivity contribution < 1.29 is 30.7 Å². The molecule has 1 aromatic carbocycles. The first-order chi connectivity index (χ1) is 11.7. The molecule has 0 aliphatic carbocycles. The largest absolute Gasteiger partial charge is 0.419 e. The topological polar surface area (TPSA) is 72.6 Å². The molecule has 0 radical (unpaired) electrons. The molecule has 2 N–H and O–H groups in total. The summed E-state index contributed by atoms with van der Waals surface area (Å²) in [6.45, 7) is 1.25. The van der Waals surface area contributed by atoms with Crippen molar-refractivity contribution in [1.82, 2.24) is 4.31 Å². The second kappa shape index (κ2) is 7.98. The number of piperidine rings is 1. The van der Waals surface area contributed by atoms with Gasteiger partial charge in [0.1, 0.15) is 5.82 Å². The van der Waals surface area contributed by atoms with Crippen LogP contribution in [0.1, 0.15) is 24.8 Å². The molecule has 0 bridgehead atoms. The van der Waals surface area contributed by atoms with Gasteiger partial charge in [-0.05, 0) is 44.0 Å². The summed E-state index contributed by atoms with van der Waals surface area (Å²) in [5.41, 5.74) is 3.78. The van der Waals surface area contributed by atoms with Crippen LogP contribution in [0.3, 0.4) is 0 Å². The Bertz CT molecular complexity index is 687. The third-order valence-corrected chi connectivity index (χ3v) is 5.88. The van der Waals surface area contributed by atoms with Crippen molar-refractivity contribution in [2.24, 2.45) is 5.73 Å². The molecule has 2 rings (SSSR count). The summed E-state index contributed by atoms with van der Waals surface area (Å²) in [5, 5.41) is 0. The first kappa shape index (κ1) is 20.1. The van der Waals surface area contributed by atoms with E-state index in [2.05, 4.69) is 0 Å². The number of benzene rings is 1. The molecule has 1 fully saturated rings. The number of nitrogens with two attached hydrogens (primary N) is 1. The van der Waals surface area contributed by atoms with Gasteiger partial charge < -0.3 is 10.5 Å². The van der Waals surface area contributed by atoms with Crippen LogP contribution in [0.4, 0.5) is 17.6 Å². The molecule has 0 aromatic heterocycles. The zero-order valence-electron chi connectivity index (χ0n) is 13.4. The van der Waals surface area contributed by atoms with Crippen LogP contribution in [0, 0.1) is 5.82 Å². The van der Waals surface area contributed by atoms with Gasteiger partial charge in [-0.2, -0.15) is 17.5 Å². The lowest BCUT2D eigenvalue weighted by Gasteiger charge is -2.31. The van der Waals surface area contributed by atoms with Gasteiger partial charge in [-0.1, -0.05) is 0 Å². The Labute approximate surface area is 143 Å². The molecule has 0 saturated carbocycles. The van der Waals surface area contributed by atoms with Crippen LogP contribution in [0.25, 0.3) is 0 Å². The maximum atomic E-state index is 13.3. The minimum absolute atomic E-state index is 0.100. The van der Waals surface area contributed by atoms with Crippen molar-refractivity contribution in [2.75, 3.05) is 26.2 Å². The Morgan fingerprint density at radius 3 is 2.44 bits per heavy atom. The van der Waals surface area contributed by atoms with Crippen LogP contribution in [0.15, 0.2) is 23.1 Å². The molecule has 5 nitrogen and oxygen atoms in total. The molecule has 25 heavy (non-hydrogen) atoms. The quantitative estimate of drug-likeness (QED) is 0.604. The van der Waals surface area contributed by atoms with Crippen LogP contribution in [-0.2, 0) is 20.9 Å². The van der Waals surface area contributed by atoms with Gasteiger partial charge in [0.25, 0.3) is 0 Å². The highest BCUT2D eigenvalue weighted by Gasteiger charge is 2.37. The number of halogens is 4. The van der Waals surface area contributed by atoms with Crippen molar-refractivity contribution in [3.63, 3.8) is 0 Å². The number of sulfonamides is 1. The van der Waals surface area contributed by atoms with Crippen LogP contribution in [-0.4, -0.2) is 45.1 Å². The SMILES string of the molecule is NCCCOC1CCN(S(=O)(=O)c2ccc(F)c(C(F)(F)F)c2)CC1. The highest BCUT2D eigenvalue weighted by Crippen LogP contribution is 2.33. The van der Waals surface area contributed by atoms with E-state index in [1.807, 2.05) is 0 Å². The average molecular weight is 384 g/mol. The third kappa shape index (κ3) is 4.90. The van der Waals surface area contributed by atoms with Gasteiger partial charge in [0.15, 0.2) is 0 Å². The van der Waals surface area contributed by atoms with Gasteiger partial charge >= 0.3 is 6.18 Å². The predicted molar refractivity (Wildman–Crippen MR) is 82.8 cm³/mol. The Morgan fingerprint density at radius 1 is 1.24 bits per heavy atom. The van der Waals surface area contributed by atoms with Crippen molar-refractivity contribution in [3.05, 3.63) is 29.6 Å². The highest BCUT2D eigenvalue weighted by atomic mass is 32.2. The summed E-state index contributed by atoms with van der Waals surface area (Å²) in [6, 6.07) is 1.72. The number of hydrogen-bond acceptors (Lipinski definition) is 4. The highest BCUT2D eigenvalue weighted by molar-refractivity contribution is 7.89. The maximum absolute atomic E-state index is 13.3. The molecule has 1 aliphatic rings. The van der Waals surface area contributed by atoms with Crippen molar-refractivity contribution >= 4 is 10.0 Å². The van der Waals surface area contributed by atoms with Crippen molar-refractivity contribution in [2.45, 2.75) is 36.4 Å². The zero-order chi connectivity index (χ0) is 18.7. The molecular formula is C15H20F4N2O3S. The molecule has 142 valence electrons. The van der Waals surface area contributed by atoms with Gasteiger partial charge in [-0.25, -0.2) is 12.8 Å². The Morgan fingerprint density at radius 2 is 1.88 bits per heavy atom. The minimum atomic E-state index is -4.96. The Balaban J connectivity index is 2.10. The number of hydrogen-bond donors (Lipinski definition) is 1. The second-order valence-electron chi connectivity index (χ2n) is 5.76. The number of alkyl halides is 3. The van der Waals surface area contributed by atoms with Crippen LogP contribution in [0.5, 0.6) is 0 Å². The molecule has 1 aromatic rings. The van der Waals surface area contributed by atoms with E-state index in [4.69, 9.17) is 10.5 Å². The lowest BCUT2D eigenvalue weighted by Crippen LogP contribution is -2.41. The summed E-state index contributed by atoms with van der Waals surface area (Å²) in [5.74, 6) is -1.50. The lowest BCUT2D eigenvalue weighted by molar-refractivity contribution is -0.140. The number of nitrogens with zero attached hydrogens (tertiary/aromatic N) is 1. The first-order valence-electron chi connectivity index (χ1n) is 7.85. The summed E-state index contributed by atoms with van der Waals surface area (Å²) in [4.78, 5) is -0.566. The van der Waals surface area contributed by atoms with Crippen molar-refractivity contribution in [3.8, 4) is 0 Å². The van der Waals surface area contributed by atoms with Crippen LogP contribution in [0.2, 0.25) is 0 Å². The first-order valence-corrected chi connectivity index (χ1v) is 9.29. The fourth-order valence-electron chi connectivity index (χ4n) is 2.60. The standard InChI is InChI=1S/C15H20F4N2O3S/c16-14-3-2-12(10-13(14)15(17,18)19)25(22,23)21-7-4-11(5-8-21)24-9-1-6-20/h2-3,10-11H,1,4-9,20H2. The molecule has 0 atom stereocenters. The van der Waals surface area contributed by atoms with E-state index in [0.717, 1.165) is 10.4 Å². The normalized spacial score (nSPS) is 17.8. The average Bonchev–Trinajstić information content (AvgIpc) is 2.55. The fraction of sp³-hybridized carbons (Fsp3) is 0.600. The number of ether oxygens (including phenoxy) is 1. The summed E-state index contributed by atoms with van der Waals surface area (Å²) in [6.07, 6.45) is -3.47. The minimum Gasteiger partial charge on any atom is -0.378 e. The van der Waals surface area contributed by atoms with Gasteiger partial charge in [0.2, 0.25) is 10.0 Å². The van der Waals surface area contributed by atoms with E-state index in [0.29, 0.717) is 44.5 Å². The van der Waals surface area contributed by atoms with Gasteiger partial charge in [0, 0.05) is 19.7 Å². The van der Waals surface area contributed by atoms with E-state index in [1.165, 1.54) is 0 Å². The van der Waals surface area contributed by atoms with E-state index in [-0.39, 0.29) is 19.2 Å². The summed E-state index contributed by atoms with van der Waals surface area (Å²) in [7, 11) is -4.12. The lowest BCUT2D eigenvalue weighted by atomic mass is 10.1.